The van der Waals surface area contributed by atoms with Crippen LogP contribution in [0.3, 0.4) is 0 Å². The largest absolute Gasteiger partial charge is 0.365 e. The van der Waals surface area contributed by atoms with Gasteiger partial charge in [-0.3, -0.25) is 14.9 Å². The molecule has 126 valence electrons. The first-order valence-electron chi connectivity index (χ1n) is 8.41. The number of hydrogen-bond donors (Lipinski definition) is 1. The molecule has 3 atom stereocenters. The summed E-state index contributed by atoms with van der Waals surface area (Å²) in [5.74, 6) is 2.14. The number of rotatable bonds is 3. The van der Waals surface area contributed by atoms with Gasteiger partial charge in [0.05, 0.1) is 12.5 Å². The number of aromatic nitrogens is 4. The average Bonchev–Trinajstić information content (AvgIpc) is 3.20. The Morgan fingerprint density at radius 2 is 2.38 bits per heavy atom. The van der Waals surface area contributed by atoms with Crippen LogP contribution < -0.4 is 0 Å². The van der Waals surface area contributed by atoms with Crippen molar-refractivity contribution >= 4 is 5.91 Å². The summed E-state index contributed by atoms with van der Waals surface area (Å²) in [6, 6.07) is 5.65. The predicted octanol–water partition coefficient (Wildman–Crippen LogP) is 1.43. The van der Waals surface area contributed by atoms with Gasteiger partial charge in [-0.25, -0.2) is 4.98 Å². The molecule has 2 aromatic rings. The van der Waals surface area contributed by atoms with Crippen molar-refractivity contribution in [2.45, 2.75) is 38.4 Å². The lowest BCUT2D eigenvalue weighted by Gasteiger charge is -2.34. The number of fused-ring (bicyclic) bond motifs is 1. The van der Waals surface area contributed by atoms with Crippen molar-refractivity contribution in [2.24, 2.45) is 5.92 Å². The molecule has 1 N–H and O–H groups in total. The van der Waals surface area contributed by atoms with E-state index in [0.717, 1.165) is 36.7 Å². The van der Waals surface area contributed by atoms with Gasteiger partial charge < -0.3 is 9.64 Å². The van der Waals surface area contributed by atoms with Crippen molar-refractivity contribution in [2.75, 3.05) is 13.1 Å². The number of carbonyl (C=O) groups excluding carboxylic acids is 1. The SMILES string of the molecule is Cc1n[nH]c([C@H]2C[C@@H]3CCN(C(=O)Cc4ccccn4)C[C@H]3O2)n1. The van der Waals surface area contributed by atoms with Crippen LogP contribution in [-0.2, 0) is 16.0 Å². The Kier molecular flexibility index (Phi) is 4.02. The number of nitrogens with zero attached hydrogens (tertiary/aromatic N) is 4. The van der Waals surface area contributed by atoms with Gasteiger partial charge in [0.2, 0.25) is 5.91 Å². The number of aromatic amines is 1. The van der Waals surface area contributed by atoms with E-state index in [4.69, 9.17) is 4.74 Å². The second kappa shape index (κ2) is 6.32. The summed E-state index contributed by atoms with van der Waals surface area (Å²) in [6.45, 7) is 3.30. The second-order valence-electron chi connectivity index (χ2n) is 6.55. The maximum absolute atomic E-state index is 12.5. The predicted molar refractivity (Wildman–Crippen MR) is 86.0 cm³/mol. The minimum Gasteiger partial charge on any atom is -0.365 e. The van der Waals surface area contributed by atoms with Crippen LogP contribution in [0.25, 0.3) is 0 Å². The molecule has 7 nitrogen and oxygen atoms in total. The number of aryl methyl sites for hydroxylation is 1. The third-order valence-corrected chi connectivity index (χ3v) is 4.88. The highest BCUT2D eigenvalue weighted by Crippen LogP contribution is 2.39. The topological polar surface area (TPSA) is 84.0 Å². The van der Waals surface area contributed by atoms with Gasteiger partial charge in [-0.15, -0.1) is 0 Å². The van der Waals surface area contributed by atoms with Gasteiger partial charge in [0, 0.05) is 25.0 Å². The molecule has 24 heavy (non-hydrogen) atoms. The molecule has 2 aliphatic rings. The quantitative estimate of drug-likeness (QED) is 0.922. The molecule has 2 fully saturated rings. The Hall–Kier alpha value is -2.28. The van der Waals surface area contributed by atoms with Crippen LogP contribution in [-0.4, -0.2) is 50.2 Å². The lowest BCUT2D eigenvalue weighted by molar-refractivity contribution is -0.135. The summed E-state index contributed by atoms with van der Waals surface area (Å²) < 4.78 is 6.15. The molecule has 4 rings (SSSR count). The highest BCUT2D eigenvalue weighted by Gasteiger charge is 2.41. The third kappa shape index (κ3) is 3.03. The van der Waals surface area contributed by atoms with E-state index in [-0.39, 0.29) is 18.1 Å². The fourth-order valence-electron chi connectivity index (χ4n) is 3.61. The first-order valence-corrected chi connectivity index (χ1v) is 8.41. The smallest absolute Gasteiger partial charge is 0.228 e. The van der Waals surface area contributed by atoms with Gasteiger partial charge in [-0.2, -0.15) is 5.10 Å². The van der Waals surface area contributed by atoms with E-state index in [9.17, 15) is 4.79 Å². The summed E-state index contributed by atoms with van der Waals surface area (Å²) in [4.78, 5) is 23.0. The fourth-order valence-corrected chi connectivity index (χ4v) is 3.61. The first-order chi connectivity index (χ1) is 11.7. The number of piperidine rings is 1. The van der Waals surface area contributed by atoms with E-state index >= 15 is 0 Å². The number of nitrogens with one attached hydrogen (secondary N) is 1. The summed E-state index contributed by atoms with van der Waals surface area (Å²) >= 11 is 0. The summed E-state index contributed by atoms with van der Waals surface area (Å²) in [7, 11) is 0. The van der Waals surface area contributed by atoms with Gasteiger partial charge in [0.25, 0.3) is 0 Å². The van der Waals surface area contributed by atoms with Crippen LogP contribution in [0.5, 0.6) is 0 Å². The zero-order chi connectivity index (χ0) is 16.5. The van der Waals surface area contributed by atoms with Crippen LogP contribution in [0.4, 0.5) is 0 Å². The third-order valence-electron chi connectivity index (χ3n) is 4.88. The molecule has 7 heteroatoms. The highest BCUT2D eigenvalue weighted by atomic mass is 16.5. The van der Waals surface area contributed by atoms with Crippen molar-refractivity contribution in [1.82, 2.24) is 25.1 Å². The van der Waals surface area contributed by atoms with Crippen LogP contribution in [0, 0.1) is 12.8 Å². The molecule has 0 aliphatic carbocycles. The van der Waals surface area contributed by atoms with E-state index in [0.29, 0.717) is 18.9 Å². The molecular weight excluding hydrogens is 306 g/mol. The van der Waals surface area contributed by atoms with Crippen LogP contribution in [0.15, 0.2) is 24.4 Å². The number of hydrogen-bond acceptors (Lipinski definition) is 5. The standard InChI is InChI=1S/C17H21N5O2/c1-11-19-17(21-20-11)14-8-12-5-7-22(10-15(12)24-14)16(23)9-13-4-2-3-6-18-13/h2-4,6,12,14-15H,5,7-10H2,1H3,(H,19,20,21)/t12-,14+,15+/m0/s1. The average molecular weight is 327 g/mol. The summed E-state index contributed by atoms with van der Waals surface area (Å²) in [6.07, 6.45) is 4.04. The number of likely N-dealkylation sites (tertiary alicyclic amines) is 1. The van der Waals surface area contributed by atoms with Crippen molar-refractivity contribution < 1.29 is 9.53 Å². The molecular formula is C17H21N5O2. The van der Waals surface area contributed by atoms with Crippen molar-refractivity contribution in [1.29, 1.82) is 0 Å². The van der Waals surface area contributed by atoms with Gasteiger partial charge in [0.1, 0.15) is 11.9 Å². The Labute approximate surface area is 140 Å². The minimum atomic E-state index is -0.0351. The molecule has 0 unspecified atom stereocenters. The molecule has 1 amide bonds. The molecule has 0 bridgehead atoms. The van der Waals surface area contributed by atoms with E-state index in [1.165, 1.54) is 0 Å². The van der Waals surface area contributed by atoms with Crippen LogP contribution >= 0.6 is 0 Å². The number of carbonyl (C=O) groups is 1. The van der Waals surface area contributed by atoms with Crippen molar-refractivity contribution in [3.63, 3.8) is 0 Å². The monoisotopic (exact) mass is 327 g/mol. The maximum atomic E-state index is 12.5. The Morgan fingerprint density at radius 1 is 1.46 bits per heavy atom. The zero-order valence-corrected chi connectivity index (χ0v) is 13.7. The summed E-state index contributed by atoms with van der Waals surface area (Å²) in [5.41, 5.74) is 0.812. The maximum Gasteiger partial charge on any atom is 0.228 e. The second-order valence-corrected chi connectivity index (χ2v) is 6.55. The normalized spacial score (nSPS) is 26.4. The number of amides is 1. The minimum absolute atomic E-state index is 0.0351. The lowest BCUT2D eigenvalue weighted by Crippen LogP contribution is -2.45. The van der Waals surface area contributed by atoms with Gasteiger partial charge in [-0.05, 0) is 37.8 Å². The molecule has 4 heterocycles. The molecule has 2 aliphatic heterocycles. The number of ether oxygens (including phenoxy) is 1. The molecule has 2 saturated heterocycles. The molecule has 0 radical (unpaired) electrons. The Bertz CT molecular complexity index is 717. The van der Waals surface area contributed by atoms with E-state index in [1.807, 2.05) is 30.0 Å². The van der Waals surface area contributed by atoms with Gasteiger partial charge >= 0.3 is 0 Å². The fraction of sp³-hybridized carbons (Fsp3) is 0.529. The number of pyridine rings is 1. The number of H-pyrrole nitrogens is 1. The van der Waals surface area contributed by atoms with Crippen LogP contribution in [0.2, 0.25) is 0 Å². The van der Waals surface area contributed by atoms with Crippen molar-refractivity contribution in [3.8, 4) is 0 Å². The highest BCUT2D eigenvalue weighted by molar-refractivity contribution is 5.78. The van der Waals surface area contributed by atoms with Crippen molar-refractivity contribution in [3.05, 3.63) is 41.7 Å². The Morgan fingerprint density at radius 3 is 3.12 bits per heavy atom. The van der Waals surface area contributed by atoms with Gasteiger partial charge in [0.15, 0.2) is 5.82 Å². The molecule has 0 saturated carbocycles. The van der Waals surface area contributed by atoms with E-state index < -0.39 is 0 Å². The molecule has 0 aromatic carbocycles. The van der Waals surface area contributed by atoms with E-state index in [1.54, 1.807) is 6.20 Å². The zero-order valence-electron chi connectivity index (χ0n) is 13.7. The molecule has 2 aromatic heterocycles. The lowest BCUT2D eigenvalue weighted by atomic mass is 9.91. The molecule has 0 spiro atoms. The van der Waals surface area contributed by atoms with Crippen LogP contribution in [0.1, 0.15) is 36.3 Å². The Balaban J connectivity index is 1.38. The van der Waals surface area contributed by atoms with E-state index in [2.05, 4.69) is 20.2 Å². The first kappa shape index (κ1) is 15.3. The van der Waals surface area contributed by atoms with Gasteiger partial charge in [-0.1, -0.05) is 6.07 Å². The summed E-state index contributed by atoms with van der Waals surface area (Å²) in [5, 5.41) is 7.03.